The molecule has 0 radical (unpaired) electrons. The lowest BCUT2D eigenvalue weighted by Gasteiger charge is -2.21. The minimum Gasteiger partial charge on any atom is -0.305 e. The molecule has 3 heterocycles. The van der Waals surface area contributed by atoms with Crippen LogP contribution in [0.5, 0.6) is 0 Å². The molecule has 158 valence electrons. The fourth-order valence-electron chi connectivity index (χ4n) is 4.92. The first-order chi connectivity index (χ1) is 14.5. The lowest BCUT2D eigenvalue weighted by atomic mass is 9.95. The van der Waals surface area contributed by atoms with Crippen molar-refractivity contribution in [2.75, 3.05) is 25.4 Å². The molecule has 5 nitrogen and oxygen atoms in total. The lowest BCUT2D eigenvalue weighted by molar-refractivity contribution is 0.299. The molecule has 2 aliphatic rings. The van der Waals surface area contributed by atoms with E-state index in [2.05, 4.69) is 64.8 Å². The molecule has 0 spiro atoms. The Kier molecular flexibility index (Phi) is 5.24. The molecule has 0 bridgehead atoms. The van der Waals surface area contributed by atoms with E-state index in [0.717, 1.165) is 27.7 Å². The largest absolute Gasteiger partial charge is 0.305 e. The number of nitrogens with zero attached hydrogens (tertiary/aromatic N) is 5. The van der Waals surface area contributed by atoms with Crippen LogP contribution in [0.3, 0.4) is 0 Å². The first-order valence-corrected chi connectivity index (χ1v) is 12.6. The van der Waals surface area contributed by atoms with E-state index in [9.17, 15) is 0 Å². The van der Waals surface area contributed by atoms with Gasteiger partial charge in [-0.15, -0.1) is 21.5 Å². The second-order valence-electron chi connectivity index (χ2n) is 8.75. The maximum absolute atomic E-state index is 4.71. The van der Waals surface area contributed by atoms with Crippen molar-refractivity contribution in [1.29, 1.82) is 0 Å². The van der Waals surface area contributed by atoms with Crippen LogP contribution in [0.25, 0.3) is 15.8 Å². The second kappa shape index (κ2) is 7.77. The van der Waals surface area contributed by atoms with Crippen LogP contribution in [-0.4, -0.2) is 50.0 Å². The van der Waals surface area contributed by atoms with Crippen LogP contribution < -0.4 is 0 Å². The zero-order chi connectivity index (χ0) is 20.9. The van der Waals surface area contributed by atoms with E-state index in [0.29, 0.717) is 5.41 Å². The number of fused-ring (bicyclic) bond motifs is 2. The molecule has 1 saturated heterocycles. The van der Waals surface area contributed by atoms with E-state index in [4.69, 9.17) is 4.98 Å². The van der Waals surface area contributed by atoms with Crippen molar-refractivity contribution in [1.82, 2.24) is 24.6 Å². The number of benzene rings is 1. The van der Waals surface area contributed by atoms with Crippen molar-refractivity contribution in [3.05, 3.63) is 40.7 Å². The summed E-state index contributed by atoms with van der Waals surface area (Å²) in [5.41, 5.74) is 4.25. The minimum atomic E-state index is 0.390. The molecule has 0 amide bonds. The first-order valence-electron chi connectivity index (χ1n) is 10.8. The summed E-state index contributed by atoms with van der Waals surface area (Å²) in [7, 11) is 2.06. The summed E-state index contributed by atoms with van der Waals surface area (Å²) in [6.07, 6.45) is 4.61. The van der Waals surface area contributed by atoms with Crippen molar-refractivity contribution in [2.45, 2.75) is 44.2 Å². The van der Waals surface area contributed by atoms with Gasteiger partial charge in [0.2, 0.25) is 0 Å². The molecule has 2 atom stereocenters. The van der Waals surface area contributed by atoms with Crippen molar-refractivity contribution in [3.63, 3.8) is 0 Å². The maximum Gasteiger partial charge on any atom is 0.191 e. The molecule has 1 aliphatic carbocycles. The number of thiazole rings is 1. The summed E-state index contributed by atoms with van der Waals surface area (Å²) < 4.78 is 3.42. The molecule has 30 heavy (non-hydrogen) atoms. The van der Waals surface area contributed by atoms with Gasteiger partial charge in [-0.1, -0.05) is 23.9 Å². The van der Waals surface area contributed by atoms with E-state index in [1.165, 1.54) is 53.8 Å². The molecular formula is C23H29N5S2. The smallest absolute Gasteiger partial charge is 0.191 e. The average molecular weight is 440 g/mol. The summed E-state index contributed by atoms with van der Waals surface area (Å²) >= 11 is 3.61. The van der Waals surface area contributed by atoms with Gasteiger partial charge in [0.1, 0.15) is 0 Å². The Hall–Kier alpha value is -1.70. The van der Waals surface area contributed by atoms with Crippen molar-refractivity contribution >= 4 is 38.9 Å². The molecule has 1 saturated carbocycles. The van der Waals surface area contributed by atoms with Crippen LogP contribution in [0, 0.1) is 12.8 Å². The Morgan fingerprint density at radius 1 is 1.37 bits per heavy atom. The summed E-state index contributed by atoms with van der Waals surface area (Å²) in [6.45, 7) is 9.84. The van der Waals surface area contributed by atoms with Crippen LogP contribution in [-0.2, 0) is 12.5 Å². The van der Waals surface area contributed by atoms with Crippen molar-refractivity contribution in [2.24, 2.45) is 13.0 Å². The van der Waals surface area contributed by atoms with E-state index in [1.807, 2.05) is 18.7 Å². The van der Waals surface area contributed by atoms with E-state index in [1.54, 1.807) is 11.3 Å². The fourth-order valence-corrected chi connectivity index (χ4v) is 6.56. The Morgan fingerprint density at radius 3 is 3.07 bits per heavy atom. The molecule has 3 aromatic rings. The number of aryl methyl sites for hydroxylation is 1. The average Bonchev–Trinajstić information content (AvgIpc) is 3.03. The third-order valence-electron chi connectivity index (χ3n) is 6.76. The number of hydrogen-bond donors (Lipinski definition) is 0. The van der Waals surface area contributed by atoms with Crippen LogP contribution in [0.1, 0.15) is 43.1 Å². The van der Waals surface area contributed by atoms with Gasteiger partial charge < -0.3 is 9.47 Å². The van der Waals surface area contributed by atoms with Crippen molar-refractivity contribution in [3.8, 4) is 0 Å². The first kappa shape index (κ1) is 20.2. The van der Waals surface area contributed by atoms with E-state index < -0.39 is 0 Å². The number of hydrogen-bond acceptors (Lipinski definition) is 6. The van der Waals surface area contributed by atoms with Gasteiger partial charge in [0.15, 0.2) is 11.0 Å². The standard InChI is InChI=1S/C23H29N5S2/c1-5-15(2)21-25-26-22(27(21)4)29-10-6-9-28-13-18-12-23(18,14-28)17-7-8-20-19(11-17)24-16(3)30-20/h5,7-8,11,18H,6,9-10,12-14H2,1-4H3/b15-5+. The van der Waals surface area contributed by atoms with Gasteiger partial charge in [-0.05, 0) is 69.3 Å². The molecule has 1 aromatic carbocycles. The zero-order valence-corrected chi connectivity index (χ0v) is 19.8. The van der Waals surface area contributed by atoms with Gasteiger partial charge in [0, 0.05) is 31.3 Å². The summed E-state index contributed by atoms with van der Waals surface area (Å²) in [6, 6.07) is 7.00. The molecule has 2 fully saturated rings. The highest BCUT2D eigenvalue weighted by molar-refractivity contribution is 7.99. The highest BCUT2D eigenvalue weighted by Gasteiger charge is 2.60. The van der Waals surface area contributed by atoms with Crippen LogP contribution in [0.4, 0.5) is 0 Å². The Labute approximate surface area is 186 Å². The van der Waals surface area contributed by atoms with Crippen LogP contribution in [0.2, 0.25) is 0 Å². The summed E-state index contributed by atoms with van der Waals surface area (Å²) in [5, 5.41) is 10.9. The predicted molar refractivity (Wildman–Crippen MR) is 126 cm³/mol. The molecule has 5 rings (SSSR count). The molecule has 1 aliphatic heterocycles. The number of piperidine rings is 1. The summed E-state index contributed by atoms with van der Waals surface area (Å²) in [5.74, 6) is 2.88. The zero-order valence-electron chi connectivity index (χ0n) is 18.2. The van der Waals surface area contributed by atoms with Gasteiger partial charge in [-0.2, -0.15) is 0 Å². The SMILES string of the molecule is C/C=C(\C)c1nnc(SCCCN2CC3CC3(c3ccc4sc(C)nc4c3)C2)n1C. The van der Waals surface area contributed by atoms with Crippen molar-refractivity contribution < 1.29 is 0 Å². The molecular weight excluding hydrogens is 410 g/mol. The number of allylic oxidation sites excluding steroid dienone is 2. The monoisotopic (exact) mass is 439 g/mol. The minimum absolute atomic E-state index is 0.390. The topological polar surface area (TPSA) is 46.8 Å². The predicted octanol–water partition coefficient (Wildman–Crippen LogP) is 4.91. The Morgan fingerprint density at radius 2 is 2.23 bits per heavy atom. The number of likely N-dealkylation sites (tertiary alicyclic amines) is 1. The highest BCUT2D eigenvalue weighted by atomic mass is 32.2. The molecule has 2 aromatic heterocycles. The van der Waals surface area contributed by atoms with Crippen LogP contribution in [0.15, 0.2) is 29.4 Å². The van der Waals surface area contributed by atoms with E-state index >= 15 is 0 Å². The van der Waals surface area contributed by atoms with Crippen LogP contribution >= 0.6 is 23.1 Å². The lowest BCUT2D eigenvalue weighted by Crippen LogP contribution is -2.27. The number of rotatable bonds is 7. The third kappa shape index (κ3) is 3.51. The Bertz CT molecular complexity index is 1110. The Balaban J connectivity index is 1.15. The van der Waals surface area contributed by atoms with E-state index in [-0.39, 0.29) is 0 Å². The van der Waals surface area contributed by atoms with Gasteiger partial charge >= 0.3 is 0 Å². The summed E-state index contributed by atoms with van der Waals surface area (Å²) in [4.78, 5) is 7.38. The molecule has 7 heteroatoms. The van der Waals surface area contributed by atoms with Gasteiger partial charge in [0.25, 0.3) is 0 Å². The molecule has 2 unspecified atom stereocenters. The number of thioether (sulfide) groups is 1. The quantitative estimate of drug-likeness (QED) is 0.387. The van der Waals surface area contributed by atoms with Gasteiger partial charge in [-0.25, -0.2) is 4.98 Å². The normalized spacial score (nSPS) is 24.0. The highest BCUT2D eigenvalue weighted by Crippen LogP contribution is 2.59. The fraction of sp³-hybridized carbons (Fsp3) is 0.522. The number of aromatic nitrogens is 4. The van der Waals surface area contributed by atoms with Gasteiger partial charge in [-0.3, -0.25) is 0 Å². The molecule has 0 N–H and O–H groups in total. The maximum atomic E-state index is 4.71. The third-order valence-corrected chi connectivity index (χ3v) is 8.81. The van der Waals surface area contributed by atoms with Gasteiger partial charge in [0.05, 0.1) is 15.2 Å². The second-order valence-corrected chi connectivity index (χ2v) is 11.0.